The van der Waals surface area contributed by atoms with Crippen molar-refractivity contribution in [1.82, 2.24) is 10.3 Å². The van der Waals surface area contributed by atoms with E-state index in [1.165, 1.54) is 19.1 Å². The van der Waals surface area contributed by atoms with Gasteiger partial charge in [-0.3, -0.25) is 4.79 Å². The van der Waals surface area contributed by atoms with Gasteiger partial charge in [0.1, 0.15) is 5.15 Å². The third-order valence-corrected chi connectivity index (χ3v) is 2.18. The third-order valence-electron chi connectivity index (χ3n) is 1.97. The van der Waals surface area contributed by atoms with Crippen LogP contribution in [0.25, 0.3) is 6.08 Å². The zero-order chi connectivity index (χ0) is 13.8. The van der Waals surface area contributed by atoms with Crippen LogP contribution in [0.3, 0.4) is 0 Å². The summed E-state index contributed by atoms with van der Waals surface area (Å²) in [6, 6.07) is 1.12. The van der Waals surface area contributed by atoms with Crippen LogP contribution in [0.1, 0.15) is 18.1 Å². The average molecular weight is 279 g/mol. The van der Waals surface area contributed by atoms with Crippen LogP contribution >= 0.6 is 11.6 Å². The largest absolute Gasteiger partial charge is 0.418 e. The number of halogens is 4. The molecule has 3 nitrogen and oxygen atoms in total. The van der Waals surface area contributed by atoms with Crippen molar-refractivity contribution in [2.24, 2.45) is 0 Å². The number of rotatable bonds is 3. The molecular weight excluding hydrogens is 269 g/mol. The normalized spacial score (nSPS) is 11.8. The summed E-state index contributed by atoms with van der Waals surface area (Å²) >= 11 is 5.55. The molecule has 0 bridgehead atoms. The van der Waals surface area contributed by atoms with Gasteiger partial charge in [0.2, 0.25) is 5.91 Å². The van der Waals surface area contributed by atoms with E-state index in [0.717, 1.165) is 6.07 Å². The quantitative estimate of drug-likeness (QED) is 0.864. The second-order valence-corrected chi connectivity index (χ2v) is 3.82. The van der Waals surface area contributed by atoms with E-state index in [0.29, 0.717) is 6.20 Å². The predicted molar refractivity (Wildman–Crippen MR) is 62.0 cm³/mol. The fourth-order valence-electron chi connectivity index (χ4n) is 1.21. The van der Waals surface area contributed by atoms with Crippen molar-refractivity contribution in [2.75, 3.05) is 6.54 Å². The lowest BCUT2D eigenvalue weighted by atomic mass is 10.1. The van der Waals surface area contributed by atoms with Crippen molar-refractivity contribution in [3.05, 3.63) is 34.6 Å². The number of aromatic nitrogens is 1. The molecule has 0 fully saturated rings. The highest BCUT2D eigenvalue weighted by Crippen LogP contribution is 2.32. The standard InChI is InChI=1S/C11H10ClF3N2O/c1-7(18)16-4-2-3-8-5-10(12)17-6-9(8)11(13,14)15/h2-3,5-6H,4H2,1H3,(H,16,18). The van der Waals surface area contributed by atoms with Gasteiger partial charge in [-0.05, 0) is 11.6 Å². The third kappa shape index (κ3) is 4.37. The summed E-state index contributed by atoms with van der Waals surface area (Å²) in [7, 11) is 0. The molecule has 1 aromatic heterocycles. The minimum Gasteiger partial charge on any atom is -0.353 e. The fourth-order valence-corrected chi connectivity index (χ4v) is 1.37. The first-order chi connectivity index (χ1) is 8.30. The zero-order valence-corrected chi connectivity index (χ0v) is 10.1. The SMILES string of the molecule is CC(=O)NCC=Cc1cc(Cl)ncc1C(F)(F)F. The molecule has 0 aliphatic rings. The first kappa shape index (κ1) is 14.5. The van der Waals surface area contributed by atoms with E-state index >= 15 is 0 Å². The van der Waals surface area contributed by atoms with E-state index in [1.54, 1.807) is 0 Å². The van der Waals surface area contributed by atoms with Crippen LogP contribution in [0.2, 0.25) is 5.15 Å². The van der Waals surface area contributed by atoms with E-state index in [4.69, 9.17) is 11.6 Å². The number of carbonyl (C=O) groups is 1. The Morgan fingerprint density at radius 1 is 1.56 bits per heavy atom. The second kappa shape index (κ2) is 5.86. The number of alkyl halides is 3. The molecule has 7 heteroatoms. The van der Waals surface area contributed by atoms with Gasteiger partial charge >= 0.3 is 6.18 Å². The maximum absolute atomic E-state index is 12.6. The zero-order valence-electron chi connectivity index (χ0n) is 9.38. The Bertz CT molecular complexity index is 472. The van der Waals surface area contributed by atoms with Gasteiger partial charge in [0, 0.05) is 19.7 Å². The molecule has 1 heterocycles. The lowest BCUT2D eigenvalue weighted by Crippen LogP contribution is -2.19. The number of hydrogen-bond acceptors (Lipinski definition) is 2. The Morgan fingerprint density at radius 2 is 2.22 bits per heavy atom. The molecule has 0 unspecified atom stereocenters. The number of carbonyl (C=O) groups excluding carboxylic acids is 1. The number of pyridine rings is 1. The molecule has 0 saturated carbocycles. The Hall–Kier alpha value is -1.56. The Labute approximate surface area is 107 Å². The van der Waals surface area contributed by atoms with Gasteiger partial charge in [0.25, 0.3) is 0 Å². The van der Waals surface area contributed by atoms with E-state index < -0.39 is 11.7 Å². The molecule has 0 radical (unpaired) electrons. The van der Waals surface area contributed by atoms with Crippen molar-refractivity contribution < 1.29 is 18.0 Å². The summed E-state index contributed by atoms with van der Waals surface area (Å²) in [6.07, 6.45) is -1.17. The molecule has 1 rings (SSSR count). The highest BCUT2D eigenvalue weighted by molar-refractivity contribution is 6.29. The van der Waals surface area contributed by atoms with Crippen LogP contribution in [0.15, 0.2) is 18.3 Å². The van der Waals surface area contributed by atoms with Crippen LogP contribution in [0.4, 0.5) is 13.2 Å². The van der Waals surface area contributed by atoms with Crippen molar-refractivity contribution in [3.8, 4) is 0 Å². The lowest BCUT2D eigenvalue weighted by Gasteiger charge is -2.09. The Morgan fingerprint density at radius 3 is 2.78 bits per heavy atom. The molecule has 1 aromatic rings. The molecular formula is C11H10ClF3N2O. The summed E-state index contributed by atoms with van der Waals surface area (Å²) < 4.78 is 37.9. The summed E-state index contributed by atoms with van der Waals surface area (Å²) in [6.45, 7) is 1.46. The molecule has 1 amide bonds. The van der Waals surface area contributed by atoms with Crippen LogP contribution in [-0.4, -0.2) is 17.4 Å². The lowest BCUT2D eigenvalue weighted by molar-refractivity contribution is -0.138. The average Bonchev–Trinajstić information content (AvgIpc) is 2.22. The molecule has 0 atom stereocenters. The number of nitrogens with one attached hydrogen (secondary N) is 1. The van der Waals surface area contributed by atoms with Crippen molar-refractivity contribution >= 4 is 23.6 Å². The molecule has 0 aliphatic carbocycles. The van der Waals surface area contributed by atoms with Gasteiger partial charge < -0.3 is 5.32 Å². The van der Waals surface area contributed by atoms with E-state index in [9.17, 15) is 18.0 Å². The predicted octanol–water partition coefficient (Wildman–Crippen LogP) is 2.90. The summed E-state index contributed by atoms with van der Waals surface area (Å²) in [4.78, 5) is 14.0. The van der Waals surface area contributed by atoms with Crippen LogP contribution < -0.4 is 5.32 Å². The number of nitrogens with zero attached hydrogens (tertiary/aromatic N) is 1. The molecule has 1 N–H and O–H groups in total. The maximum atomic E-state index is 12.6. The van der Waals surface area contributed by atoms with Gasteiger partial charge in [-0.1, -0.05) is 23.8 Å². The van der Waals surface area contributed by atoms with E-state index in [-0.39, 0.29) is 23.2 Å². The molecule has 0 spiro atoms. The molecule has 98 valence electrons. The van der Waals surface area contributed by atoms with E-state index in [1.807, 2.05) is 0 Å². The second-order valence-electron chi connectivity index (χ2n) is 3.43. The minimum atomic E-state index is -4.49. The number of hydrogen-bond donors (Lipinski definition) is 1. The Kier molecular flexibility index (Phi) is 4.72. The molecule has 0 aliphatic heterocycles. The van der Waals surface area contributed by atoms with Crippen LogP contribution in [-0.2, 0) is 11.0 Å². The minimum absolute atomic E-state index is 0.0258. The summed E-state index contributed by atoms with van der Waals surface area (Å²) in [5.74, 6) is -0.261. The van der Waals surface area contributed by atoms with Gasteiger partial charge in [0.15, 0.2) is 0 Å². The van der Waals surface area contributed by atoms with Gasteiger partial charge in [-0.2, -0.15) is 13.2 Å². The van der Waals surface area contributed by atoms with Crippen molar-refractivity contribution in [2.45, 2.75) is 13.1 Å². The fraction of sp³-hybridized carbons (Fsp3) is 0.273. The van der Waals surface area contributed by atoms with Crippen LogP contribution in [0, 0.1) is 0 Å². The van der Waals surface area contributed by atoms with Gasteiger partial charge in [-0.25, -0.2) is 4.98 Å². The van der Waals surface area contributed by atoms with Crippen LogP contribution in [0.5, 0.6) is 0 Å². The van der Waals surface area contributed by atoms with Crippen molar-refractivity contribution in [3.63, 3.8) is 0 Å². The number of amides is 1. The highest BCUT2D eigenvalue weighted by Gasteiger charge is 2.33. The van der Waals surface area contributed by atoms with Crippen molar-refractivity contribution in [1.29, 1.82) is 0 Å². The smallest absolute Gasteiger partial charge is 0.353 e. The first-order valence-electron chi connectivity index (χ1n) is 4.94. The topological polar surface area (TPSA) is 42.0 Å². The summed E-state index contributed by atoms with van der Waals surface area (Å²) in [5.41, 5.74) is -0.959. The van der Waals surface area contributed by atoms with Gasteiger partial charge in [0.05, 0.1) is 5.56 Å². The molecule has 18 heavy (non-hydrogen) atoms. The van der Waals surface area contributed by atoms with E-state index in [2.05, 4.69) is 10.3 Å². The monoisotopic (exact) mass is 278 g/mol. The first-order valence-corrected chi connectivity index (χ1v) is 5.32. The molecule has 0 aromatic carbocycles. The maximum Gasteiger partial charge on any atom is 0.418 e. The Balaban J connectivity index is 2.93. The van der Waals surface area contributed by atoms with Gasteiger partial charge in [-0.15, -0.1) is 0 Å². The highest BCUT2D eigenvalue weighted by atomic mass is 35.5. The molecule has 0 saturated heterocycles. The summed E-state index contributed by atoms with van der Waals surface area (Å²) in [5, 5.41) is 2.41.